The summed E-state index contributed by atoms with van der Waals surface area (Å²) in [6, 6.07) is 6.31. The van der Waals surface area contributed by atoms with Crippen molar-refractivity contribution < 1.29 is 9.47 Å². The van der Waals surface area contributed by atoms with E-state index in [1.165, 1.54) is 11.3 Å². The fourth-order valence-electron chi connectivity index (χ4n) is 1.81. The van der Waals surface area contributed by atoms with Crippen molar-refractivity contribution in [3.05, 3.63) is 23.8 Å². The Morgan fingerprint density at radius 2 is 2.29 bits per heavy atom. The van der Waals surface area contributed by atoms with Crippen LogP contribution in [0.25, 0.3) is 0 Å². The van der Waals surface area contributed by atoms with Crippen LogP contribution in [0, 0.1) is 0 Å². The molecule has 14 heavy (non-hydrogen) atoms. The summed E-state index contributed by atoms with van der Waals surface area (Å²) in [7, 11) is 2.10. The topological polar surface area (TPSA) is 25.0 Å². The van der Waals surface area contributed by atoms with Gasteiger partial charge in [0.25, 0.3) is 0 Å². The van der Waals surface area contributed by atoms with E-state index >= 15 is 0 Å². The monoisotopic (exact) mass is 191 g/mol. The third-order valence-electron chi connectivity index (χ3n) is 2.78. The molecule has 3 heteroatoms. The molecule has 0 amide bonds. The van der Waals surface area contributed by atoms with Crippen LogP contribution in [0.2, 0.25) is 0 Å². The maximum absolute atomic E-state index is 5.57. The summed E-state index contributed by atoms with van der Waals surface area (Å²) in [4.78, 5) is 2.23. The summed E-state index contributed by atoms with van der Waals surface area (Å²) in [5, 5.41) is 0. The average Bonchev–Trinajstić information content (AvgIpc) is 3.01. The van der Waals surface area contributed by atoms with Gasteiger partial charge in [0.1, 0.15) is 18.5 Å². The van der Waals surface area contributed by atoms with Crippen LogP contribution in [0.3, 0.4) is 0 Å². The van der Waals surface area contributed by atoms with Gasteiger partial charge in [0, 0.05) is 7.05 Å². The SMILES string of the molecule is CN1CCOc2ccc([C@@H]3CO3)cc21. The number of rotatable bonds is 1. The molecule has 1 atom stereocenters. The van der Waals surface area contributed by atoms with Crippen molar-refractivity contribution in [2.24, 2.45) is 0 Å². The lowest BCUT2D eigenvalue weighted by Crippen LogP contribution is -2.28. The number of ether oxygens (including phenoxy) is 2. The van der Waals surface area contributed by atoms with Gasteiger partial charge in [-0.1, -0.05) is 6.07 Å². The highest BCUT2D eigenvalue weighted by Gasteiger charge is 2.26. The van der Waals surface area contributed by atoms with Gasteiger partial charge in [-0.05, 0) is 17.7 Å². The van der Waals surface area contributed by atoms with E-state index in [1.807, 2.05) is 6.07 Å². The number of fused-ring (bicyclic) bond motifs is 1. The molecule has 1 saturated heterocycles. The van der Waals surface area contributed by atoms with Crippen molar-refractivity contribution in [3.63, 3.8) is 0 Å². The Bertz CT molecular complexity index is 360. The molecule has 1 aromatic carbocycles. The van der Waals surface area contributed by atoms with Gasteiger partial charge in [-0.2, -0.15) is 0 Å². The van der Waals surface area contributed by atoms with Crippen molar-refractivity contribution in [3.8, 4) is 5.75 Å². The number of hydrogen-bond donors (Lipinski definition) is 0. The summed E-state index contributed by atoms with van der Waals surface area (Å²) in [6.45, 7) is 2.61. The molecule has 74 valence electrons. The Labute approximate surface area is 83.2 Å². The van der Waals surface area contributed by atoms with Crippen LogP contribution in [-0.4, -0.2) is 26.8 Å². The van der Waals surface area contributed by atoms with Gasteiger partial charge in [0.2, 0.25) is 0 Å². The fraction of sp³-hybridized carbons (Fsp3) is 0.455. The molecule has 0 aromatic heterocycles. The van der Waals surface area contributed by atoms with Gasteiger partial charge in [-0.25, -0.2) is 0 Å². The van der Waals surface area contributed by atoms with Crippen LogP contribution in [0.5, 0.6) is 5.75 Å². The highest BCUT2D eigenvalue weighted by molar-refractivity contribution is 5.61. The number of anilines is 1. The van der Waals surface area contributed by atoms with Crippen molar-refractivity contribution in [1.82, 2.24) is 0 Å². The first-order valence-corrected chi connectivity index (χ1v) is 4.94. The molecule has 2 aliphatic rings. The molecule has 0 spiro atoms. The standard InChI is InChI=1S/C11H13NO2/c1-12-4-5-13-10-3-2-8(6-9(10)12)11-7-14-11/h2-3,6,11H,4-5,7H2,1H3/t11-/m0/s1. The third kappa shape index (κ3) is 1.24. The zero-order chi connectivity index (χ0) is 9.54. The second kappa shape index (κ2) is 2.89. The minimum atomic E-state index is 0.329. The lowest BCUT2D eigenvalue weighted by Gasteiger charge is -2.27. The van der Waals surface area contributed by atoms with Gasteiger partial charge in [-0.3, -0.25) is 0 Å². The Morgan fingerprint density at radius 1 is 1.43 bits per heavy atom. The number of epoxide rings is 1. The predicted molar refractivity (Wildman–Crippen MR) is 53.9 cm³/mol. The molecule has 2 heterocycles. The molecule has 0 N–H and O–H groups in total. The summed E-state index contributed by atoms with van der Waals surface area (Å²) in [5.74, 6) is 0.989. The summed E-state index contributed by atoms with van der Waals surface area (Å²) >= 11 is 0. The number of nitrogens with zero attached hydrogens (tertiary/aromatic N) is 1. The van der Waals surface area contributed by atoms with Crippen molar-refractivity contribution in [2.75, 3.05) is 31.7 Å². The third-order valence-corrected chi connectivity index (χ3v) is 2.78. The number of likely N-dealkylation sites (N-methyl/N-ethyl adjacent to an activating group) is 1. The average molecular weight is 191 g/mol. The zero-order valence-electron chi connectivity index (χ0n) is 8.19. The molecule has 1 aromatic rings. The Hall–Kier alpha value is -1.22. The van der Waals surface area contributed by atoms with Crippen LogP contribution in [0.4, 0.5) is 5.69 Å². The molecule has 0 saturated carbocycles. The minimum Gasteiger partial charge on any atom is -0.490 e. The van der Waals surface area contributed by atoms with E-state index in [1.54, 1.807) is 0 Å². The quantitative estimate of drug-likeness (QED) is 0.630. The number of benzene rings is 1. The van der Waals surface area contributed by atoms with E-state index in [2.05, 4.69) is 24.1 Å². The molecule has 3 rings (SSSR count). The van der Waals surface area contributed by atoms with Crippen LogP contribution in [-0.2, 0) is 4.74 Å². The van der Waals surface area contributed by atoms with Crippen molar-refractivity contribution in [1.29, 1.82) is 0 Å². The Kier molecular flexibility index (Phi) is 1.67. The first-order valence-electron chi connectivity index (χ1n) is 4.94. The van der Waals surface area contributed by atoms with Gasteiger partial charge >= 0.3 is 0 Å². The largest absolute Gasteiger partial charge is 0.490 e. The lowest BCUT2D eigenvalue weighted by molar-refractivity contribution is 0.311. The summed E-state index contributed by atoms with van der Waals surface area (Å²) in [6.07, 6.45) is 0.329. The van der Waals surface area contributed by atoms with Crippen LogP contribution in [0.1, 0.15) is 11.7 Å². The maximum Gasteiger partial charge on any atom is 0.142 e. The summed E-state index contributed by atoms with van der Waals surface area (Å²) in [5.41, 5.74) is 2.45. The van der Waals surface area contributed by atoms with E-state index < -0.39 is 0 Å². The van der Waals surface area contributed by atoms with Crippen molar-refractivity contribution >= 4 is 5.69 Å². The molecule has 2 aliphatic heterocycles. The lowest BCUT2D eigenvalue weighted by atomic mass is 10.1. The van der Waals surface area contributed by atoms with E-state index in [-0.39, 0.29) is 0 Å². The van der Waals surface area contributed by atoms with E-state index in [0.29, 0.717) is 6.10 Å². The highest BCUT2D eigenvalue weighted by atomic mass is 16.6. The second-order valence-electron chi connectivity index (χ2n) is 3.82. The normalized spacial score (nSPS) is 24.1. The predicted octanol–water partition coefficient (Wildman–Crippen LogP) is 1.59. The summed E-state index contributed by atoms with van der Waals surface area (Å²) < 4.78 is 10.8. The zero-order valence-corrected chi connectivity index (χ0v) is 8.19. The first-order chi connectivity index (χ1) is 6.84. The van der Waals surface area contributed by atoms with Crippen LogP contribution < -0.4 is 9.64 Å². The molecule has 3 nitrogen and oxygen atoms in total. The molecule has 0 unspecified atom stereocenters. The van der Waals surface area contributed by atoms with Crippen molar-refractivity contribution in [2.45, 2.75) is 6.10 Å². The van der Waals surface area contributed by atoms with E-state index in [4.69, 9.17) is 9.47 Å². The van der Waals surface area contributed by atoms with Gasteiger partial charge in [-0.15, -0.1) is 0 Å². The molecule has 0 aliphatic carbocycles. The molecule has 0 bridgehead atoms. The highest BCUT2D eigenvalue weighted by Crippen LogP contribution is 2.37. The fourth-order valence-corrected chi connectivity index (χ4v) is 1.81. The minimum absolute atomic E-state index is 0.329. The second-order valence-corrected chi connectivity index (χ2v) is 3.82. The Morgan fingerprint density at radius 3 is 3.07 bits per heavy atom. The van der Waals surface area contributed by atoms with E-state index in [9.17, 15) is 0 Å². The van der Waals surface area contributed by atoms with Gasteiger partial charge in [0.15, 0.2) is 0 Å². The van der Waals surface area contributed by atoms with Gasteiger partial charge in [0.05, 0.1) is 18.8 Å². The first kappa shape index (κ1) is 8.12. The Balaban J connectivity index is 2.01. The van der Waals surface area contributed by atoms with Gasteiger partial charge < -0.3 is 14.4 Å². The van der Waals surface area contributed by atoms with E-state index in [0.717, 1.165) is 25.5 Å². The maximum atomic E-state index is 5.57. The number of hydrogen-bond acceptors (Lipinski definition) is 3. The van der Waals surface area contributed by atoms with Crippen LogP contribution >= 0.6 is 0 Å². The molecular formula is C11H13NO2. The molecule has 0 radical (unpaired) electrons. The molecule has 1 fully saturated rings. The van der Waals surface area contributed by atoms with Crippen LogP contribution in [0.15, 0.2) is 18.2 Å². The molecular weight excluding hydrogens is 178 g/mol. The smallest absolute Gasteiger partial charge is 0.142 e.